The maximum Gasteiger partial charge on any atom is 0.239 e. The quantitative estimate of drug-likeness (QED) is 0.786. The molecule has 0 bridgehead atoms. The van der Waals surface area contributed by atoms with Gasteiger partial charge < -0.3 is 11.1 Å². The van der Waals surface area contributed by atoms with Crippen molar-refractivity contribution in [2.24, 2.45) is 5.92 Å². The van der Waals surface area contributed by atoms with Crippen LogP contribution in [-0.4, -0.2) is 25.8 Å². The number of benzene rings is 1. The van der Waals surface area contributed by atoms with Crippen molar-refractivity contribution in [2.45, 2.75) is 27.2 Å². The number of sulfone groups is 1. The van der Waals surface area contributed by atoms with Gasteiger partial charge in [-0.05, 0) is 30.5 Å². The van der Waals surface area contributed by atoms with Crippen molar-refractivity contribution in [1.82, 2.24) is 0 Å². The normalized spacial score (nSPS) is 12.9. The van der Waals surface area contributed by atoms with Crippen LogP contribution in [0.3, 0.4) is 0 Å². The van der Waals surface area contributed by atoms with E-state index in [9.17, 15) is 13.2 Å². The third-order valence-electron chi connectivity index (χ3n) is 3.15. The molecule has 1 unspecified atom stereocenters. The molecule has 3 N–H and O–H groups in total. The Morgan fingerprint density at radius 2 is 2.05 bits per heavy atom. The van der Waals surface area contributed by atoms with E-state index in [2.05, 4.69) is 5.32 Å². The minimum atomic E-state index is -3.37. The zero-order chi connectivity index (χ0) is 15.3. The topological polar surface area (TPSA) is 89.3 Å². The summed E-state index contributed by atoms with van der Waals surface area (Å²) in [5.41, 5.74) is 7.72. The second kappa shape index (κ2) is 6.74. The number of rotatable bonds is 6. The predicted molar refractivity (Wildman–Crippen MR) is 82.3 cm³/mol. The van der Waals surface area contributed by atoms with Crippen LogP contribution in [0.2, 0.25) is 0 Å². The molecular formula is C14H22N2O3S. The number of carbonyl (C=O) groups is 1. The summed E-state index contributed by atoms with van der Waals surface area (Å²) in [4.78, 5) is 11.8. The first-order valence-corrected chi connectivity index (χ1v) is 8.42. The van der Waals surface area contributed by atoms with Crippen molar-refractivity contribution < 1.29 is 13.2 Å². The zero-order valence-electron chi connectivity index (χ0n) is 12.1. The minimum Gasteiger partial charge on any atom is -0.398 e. The molecule has 0 saturated carbocycles. The molecule has 5 nitrogen and oxygen atoms in total. The first-order valence-electron chi connectivity index (χ1n) is 6.60. The van der Waals surface area contributed by atoms with Crippen molar-refractivity contribution in [3.05, 3.63) is 23.8 Å². The first-order chi connectivity index (χ1) is 9.23. The minimum absolute atomic E-state index is 0.0347. The molecule has 0 aliphatic rings. The highest BCUT2D eigenvalue weighted by atomic mass is 32.2. The van der Waals surface area contributed by atoms with Crippen LogP contribution < -0.4 is 11.1 Å². The molecule has 0 spiro atoms. The Hall–Kier alpha value is -1.56. The van der Waals surface area contributed by atoms with E-state index in [1.54, 1.807) is 18.2 Å². The van der Waals surface area contributed by atoms with Crippen LogP contribution in [0.25, 0.3) is 0 Å². The van der Waals surface area contributed by atoms with Gasteiger partial charge in [0.1, 0.15) is 5.75 Å². The fourth-order valence-corrected chi connectivity index (χ4v) is 3.42. The average molecular weight is 298 g/mol. The lowest BCUT2D eigenvalue weighted by atomic mass is 10.2. The lowest BCUT2D eigenvalue weighted by molar-refractivity contribution is -0.113. The van der Waals surface area contributed by atoms with Gasteiger partial charge in [0.2, 0.25) is 5.91 Å². The molecule has 20 heavy (non-hydrogen) atoms. The van der Waals surface area contributed by atoms with Gasteiger partial charge in [0.15, 0.2) is 9.84 Å². The molecule has 0 aliphatic heterocycles. The molecule has 1 rings (SSSR count). The van der Waals surface area contributed by atoms with E-state index < -0.39 is 21.5 Å². The number of hydrogen-bond acceptors (Lipinski definition) is 4. The fraction of sp³-hybridized carbons (Fsp3) is 0.500. The number of carbonyl (C=O) groups excluding carboxylic acids is 1. The number of hydrogen-bond donors (Lipinski definition) is 2. The van der Waals surface area contributed by atoms with E-state index in [1.807, 2.05) is 20.8 Å². The Labute approximate surface area is 120 Å². The predicted octanol–water partition coefficient (Wildman–Crippen LogP) is 1.98. The van der Waals surface area contributed by atoms with Crippen molar-refractivity contribution in [2.75, 3.05) is 22.6 Å². The van der Waals surface area contributed by atoms with E-state index in [1.165, 1.54) is 0 Å². The number of nitrogen functional groups attached to an aromatic ring is 1. The molecule has 0 radical (unpaired) electrons. The molecule has 0 heterocycles. The van der Waals surface area contributed by atoms with E-state index >= 15 is 0 Å². The summed E-state index contributed by atoms with van der Waals surface area (Å²) in [7, 11) is -3.37. The van der Waals surface area contributed by atoms with E-state index in [0.717, 1.165) is 12.0 Å². The standard InChI is InChI=1S/C14H22N2O3S/c1-4-10(2)8-20(18,19)9-14(17)16-12-6-5-11(3)13(15)7-12/h5-7,10H,4,8-9,15H2,1-3H3,(H,16,17). The van der Waals surface area contributed by atoms with Crippen LogP contribution in [0.1, 0.15) is 25.8 Å². The van der Waals surface area contributed by atoms with Crippen molar-refractivity contribution >= 4 is 27.1 Å². The van der Waals surface area contributed by atoms with Crippen LogP contribution in [0, 0.1) is 12.8 Å². The van der Waals surface area contributed by atoms with Gasteiger partial charge in [0, 0.05) is 11.4 Å². The fourth-order valence-electron chi connectivity index (χ4n) is 1.73. The van der Waals surface area contributed by atoms with Crippen LogP contribution in [-0.2, 0) is 14.6 Å². The Balaban J connectivity index is 2.65. The number of anilines is 2. The van der Waals surface area contributed by atoms with Crippen molar-refractivity contribution in [3.63, 3.8) is 0 Å². The summed E-state index contributed by atoms with van der Waals surface area (Å²) in [5.74, 6) is -0.933. The average Bonchev–Trinajstić information content (AvgIpc) is 2.32. The maximum absolute atomic E-state index is 11.8. The molecule has 112 valence electrons. The summed E-state index contributed by atoms with van der Waals surface area (Å²) in [5, 5.41) is 2.56. The number of aryl methyl sites for hydroxylation is 1. The summed E-state index contributed by atoms with van der Waals surface area (Å²) in [6.45, 7) is 5.64. The smallest absolute Gasteiger partial charge is 0.239 e. The van der Waals surface area contributed by atoms with Gasteiger partial charge in [-0.1, -0.05) is 26.3 Å². The summed E-state index contributed by atoms with van der Waals surface area (Å²) in [6, 6.07) is 5.10. The van der Waals surface area contributed by atoms with Gasteiger partial charge in [0.05, 0.1) is 5.75 Å². The highest BCUT2D eigenvalue weighted by molar-refractivity contribution is 7.92. The third kappa shape index (κ3) is 5.21. The molecule has 1 atom stereocenters. The Bertz CT molecular complexity index is 582. The second-order valence-electron chi connectivity index (χ2n) is 5.19. The number of nitrogens with two attached hydrogens (primary N) is 1. The van der Waals surface area contributed by atoms with Gasteiger partial charge in [-0.25, -0.2) is 8.42 Å². The highest BCUT2D eigenvalue weighted by Gasteiger charge is 2.19. The molecule has 0 fully saturated rings. The summed E-state index contributed by atoms with van der Waals surface area (Å²) < 4.78 is 23.7. The highest BCUT2D eigenvalue weighted by Crippen LogP contribution is 2.17. The van der Waals surface area contributed by atoms with Crippen LogP contribution >= 0.6 is 0 Å². The van der Waals surface area contributed by atoms with Crippen molar-refractivity contribution in [3.8, 4) is 0 Å². The zero-order valence-corrected chi connectivity index (χ0v) is 13.0. The number of amides is 1. The third-order valence-corrected chi connectivity index (χ3v) is 4.93. The molecule has 1 aromatic rings. The Morgan fingerprint density at radius 3 is 2.60 bits per heavy atom. The lowest BCUT2D eigenvalue weighted by Crippen LogP contribution is -2.26. The molecule has 0 saturated heterocycles. The van der Waals surface area contributed by atoms with Gasteiger partial charge in [-0.15, -0.1) is 0 Å². The molecule has 1 aromatic carbocycles. The van der Waals surface area contributed by atoms with Gasteiger partial charge in [0.25, 0.3) is 0 Å². The molecule has 6 heteroatoms. The first kappa shape index (κ1) is 16.5. The van der Waals surface area contributed by atoms with Crippen LogP contribution in [0.15, 0.2) is 18.2 Å². The van der Waals surface area contributed by atoms with Gasteiger partial charge in [-0.2, -0.15) is 0 Å². The van der Waals surface area contributed by atoms with Crippen LogP contribution in [0.4, 0.5) is 11.4 Å². The molecular weight excluding hydrogens is 276 g/mol. The maximum atomic E-state index is 11.8. The molecule has 0 aliphatic carbocycles. The van der Waals surface area contributed by atoms with E-state index in [0.29, 0.717) is 11.4 Å². The molecule has 1 amide bonds. The Kier molecular flexibility index (Phi) is 5.56. The summed E-state index contributed by atoms with van der Waals surface area (Å²) in [6.07, 6.45) is 0.773. The van der Waals surface area contributed by atoms with Crippen LogP contribution in [0.5, 0.6) is 0 Å². The Morgan fingerprint density at radius 1 is 1.40 bits per heavy atom. The summed E-state index contributed by atoms with van der Waals surface area (Å²) >= 11 is 0. The number of nitrogens with one attached hydrogen (secondary N) is 1. The van der Waals surface area contributed by atoms with Crippen molar-refractivity contribution in [1.29, 1.82) is 0 Å². The van der Waals surface area contributed by atoms with E-state index in [4.69, 9.17) is 5.73 Å². The largest absolute Gasteiger partial charge is 0.398 e. The van der Waals surface area contributed by atoms with Gasteiger partial charge >= 0.3 is 0 Å². The lowest BCUT2D eigenvalue weighted by Gasteiger charge is -2.10. The monoisotopic (exact) mass is 298 g/mol. The molecule has 0 aromatic heterocycles. The van der Waals surface area contributed by atoms with E-state index in [-0.39, 0.29) is 11.7 Å². The second-order valence-corrected chi connectivity index (χ2v) is 7.30. The SMILES string of the molecule is CCC(C)CS(=O)(=O)CC(=O)Nc1ccc(C)c(N)c1. The van der Waals surface area contributed by atoms with Gasteiger partial charge in [-0.3, -0.25) is 4.79 Å².